The van der Waals surface area contributed by atoms with Crippen molar-refractivity contribution in [1.82, 2.24) is 4.98 Å². The predicted octanol–water partition coefficient (Wildman–Crippen LogP) is 6.10. The monoisotopic (exact) mass is 509 g/mol. The first-order chi connectivity index (χ1) is 18.1. The maximum atomic E-state index is 12.6. The van der Waals surface area contributed by atoms with E-state index in [4.69, 9.17) is 19.0 Å². The smallest absolute Gasteiger partial charge is 0.360 e. The van der Waals surface area contributed by atoms with E-state index in [2.05, 4.69) is 11.1 Å². The zero-order valence-corrected chi connectivity index (χ0v) is 21.6. The average Bonchev–Trinajstić information content (AvgIpc) is 3.65. The van der Waals surface area contributed by atoms with E-state index in [9.17, 15) is 9.59 Å². The van der Waals surface area contributed by atoms with E-state index in [-0.39, 0.29) is 36.2 Å². The molecule has 3 fully saturated rings. The van der Waals surface area contributed by atoms with Gasteiger partial charge in [0.25, 0.3) is 0 Å². The van der Waals surface area contributed by atoms with Gasteiger partial charge in [0, 0.05) is 12.3 Å². The molecule has 200 valence electrons. The highest BCUT2D eigenvalue weighted by molar-refractivity contribution is 5.86. The zero-order chi connectivity index (χ0) is 25.6. The van der Waals surface area contributed by atoms with Crippen LogP contribution >= 0.6 is 0 Å². The molecule has 7 heteroatoms. The zero-order valence-electron chi connectivity index (χ0n) is 21.6. The van der Waals surface area contributed by atoms with Crippen LogP contribution in [0.25, 0.3) is 0 Å². The third kappa shape index (κ3) is 6.43. The van der Waals surface area contributed by atoms with Crippen LogP contribution in [0.2, 0.25) is 0 Å². The van der Waals surface area contributed by atoms with Crippen molar-refractivity contribution in [3.05, 3.63) is 53.2 Å². The molecule has 0 radical (unpaired) electrons. The number of carbonyl (C=O) groups excluding carboxylic acids is 1. The summed E-state index contributed by atoms with van der Waals surface area (Å²) in [6.45, 7) is 0.417. The number of hydrogen-bond donors (Lipinski definition) is 1. The molecule has 2 aromatic rings. The summed E-state index contributed by atoms with van der Waals surface area (Å²) in [7, 11) is 0. The third-order valence-electron chi connectivity index (χ3n) is 8.59. The second-order valence-electron chi connectivity index (χ2n) is 11.1. The summed E-state index contributed by atoms with van der Waals surface area (Å²) in [5, 5.41) is 9.13. The van der Waals surface area contributed by atoms with Crippen molar-refractivity contribution >= 4 is 11.9 Å². The summed E-state index contributed by atoms with van der Waals surface area (Å²) >= 11 is 0. The van der Waals surface area contributed by atoms with Gasteiger partial charge in [-0.15, -0.1) is 0 Å². The van der Waals surface area contributed by atoms with Crippen molar-refractivity contribution in [3.8, 4) is 0 Å². The number of benzene rings is 1. The number of aromatic nitrogens is 1. The number of carboxylic acid groups (broad SMARTS) is 1. The van der Waals surface area contributed by atoms with Crippen LogP contribution in [0.15, 0.2) is 34.9 Å². The summed E-state index contributed by atoms with van der Waals surface area (Å²) < 4.78 is 17.6. The van der Waals surface area contributed by atoms with Crippen LogP contribution in [0.3, 0.4) is 0 Å². The number of hydrogen-bond acceptors (Lipinski definition) is 6. The van der Waals surface area contributed by atoms with Crippen LogP contribution in [0.1, 0.15) is 104 Å². The maximum Gasteiger partial charge on any atom is 0.360 e. The lowest BCUT2D eigenvalue weighted by atomic mass is 9.75. The summed E-state index contributed by atoms with van der Waals surface area (Å²) in [5.41, 5.74) is 2.44. The molecule has 37 heavy (non-hydrogen) atoms. The minimum absolute atomic E-state index is 0.0247. The molecule has 3 heterocycles. The molecular weight excluding hydrogens is 470 g/mol. The van der Waals surface area contributed by atoms with Gasteiger partial charge in [-0.25, -0.2) is 9.78 Å². The van der Waals surface area contributed by atoms with Gasteiger partial charge < -0.3 is 19.0 Å². The van der Waals surface area contributed by atoms with Crippen LogP contribution in [0.4, 0.5) is 0 Å². The molecule has 1 aliphatic carbocycles. The molecule has 0 amide bonds. The number of carbonyl (C=O) groups is 2. The third-order valence-corrected chi connectivity index (χ3v) is 8.59. The van der Waals surface area contributed by atoms with Crippen molar-refractivity contribution in [2.24, 2.45) is 11.8 Å². The van der Waals surface area contributed by atoms with E-state index in [1.165, 1.54) is 44.8 Å². The summed E-state index contributed by atoms with van der Waals surface area (Å²) in [4.78, 5) is 28.3. The van der Waals surface area contributed by atoms with E-state index in [1.54, 1.807) is 0 Å². The van der Waals surface area contributed by atoms with Gasteiger partial charge in [0.15, 0.2) is 5.69 Å². The fourth-order valence-electron chi connectivity index (χ4n) is 6.66. The van der Waals surface area contributed by atoms with Crippen molar-refractivity contribution in [2.75, 3.05) is 6.61 Å². The Balaban J connectivity index is 1.17. The molecule has 4 atom stereocenters. The maximum absolute atomic E-state index is 12.6. The SMILES string of the molecule is O=C(O)CCc1ccccc1CC1C2CCC(O2)C1c1nc(C(=O)OCCCCC2CCCCC2)co1. The summed E-state index contributed by atoms with van der Waals surface area (Å²) in [6.07, 6.45) is 14.9. The van der Waals surface area contributed by atoms with E-state index >= 15 is 0 Å². The summed E-state index contributed by atoms with van der Waals surface area (Å²) in [6, 6.07) is 8.04. The molecular formula is C30H39NO6. The quantitative estimate of drug-likeness (QED) is 0.272. The number of fused-ring (bicyclic) bond motifs is 2. The fourth-order valence-corrected chi connectivity index (χ4v) is 6.66. The number of carboxylic acids is 1. The number of aryl methyl sites for hydroxylation is 1. The summed E-state index contributed by atoms with van der Waals surface area (Å²) in [5.74, 6) is 0.329. The number of unbranched alkanes of at least 4 members (excludes halogenated alkanes) is 1. The lowest BCUT2D eigenvalue weighted by Crippen LogP contribution is -2.28. The Morgan fingerprint density at radius 1 is 1.00 bits per heavy atom. The minimum atomic E-state index is -0.792. The highest BCUT2D eigenvalue weighted by Crippen LogP contribution is 2.50. The van der Waals surface area contributed by atoms with E-state index in [0.29, 0.717) is 18.9 Å². The van der Waals surface area contributed by atoms with E-state index in [1.807, 2.05) is 18.2 Å². The van der Waals surface area contributed by atoms with Crippen LogP contribution in [-0.4, -0.2) is 40.8 Å². The Morgan fingerprint density at radius 3 is 2.59 bits per heavy atom. The van der Waals surface area contributed by atoms with Gasteiger partial charge in [0.2, 0.25) is 5.89 Å². The molecule has 1 aromatic carbocycles. The lowest BCUT2D eigenvalue weighted by Gasteiger charge is -2.26. The molecule has 2 bridgehead atoms. The van der Waals surface area contributed by atoms with Crippen LogP contribution in [0.5, 0.6) is 0 Å². The van der Waals surface area contributed by atoms with E-state index in [0.717, 1.165) is 49.1 Å². The number of aliphatic carboxylic acids is 1. The molecule has 7 nitrogen and oxygen atoms in total. The van der Waals surface area contributed by atoms with Gasteiger partial charge >= 0.3 is 11.9 Å². The van der Waals surface area contributed by atoms with Crippen molar-refractivity contribution in [3.63, 3.8) is 0 Å². The Hall–Kier alpha value is -2.67. The first kappa shape index (κ1) is 26.0. The number of oxazole rings is 1. The molecule has 1 N–H and O–H groups in total. The van der Waals surface area contributed by atoms with E-state index < -0.39 is 11.9 Å². The first-order valence-corrected chi connectivity index (χ1v) is 14.1. The molecule has 3 aliphatic rings. The van der Waals surface area contributed by atoms with Gasteiger partial charge in [0.05, 0.1) is 24.7 Å². The highest BCUT2D eigenvalue weighted by Gasteiger charge is 2.51. The Kier molecular flexibility index (Phi) is 8.59. The van der Waals surface area contributed by atoms with Crippen LogP contribution in [-0.2, 0) is 27.1 Å². The predicted molar refractivity (Wildman–Crippen MR) is 137 cm³/mol. The number of nitrogens with zero attached hydrogens (tertiary/aromatic N) is 1. The molecule has 5 rings (SSSR count). The minimum Gasteiger partial charge on any atom is -0.481 e. The second-order valence-corrected chi connectivity index (χ2v) is 11.1. The van der Waals surface area contributed by atoms with Crippen LogP contribution in [0, 0.1) is 11.8 Å². The molecule has 2 saturated heterocycles. The van der Waals surface area contributed by atoms with Crippen molar-refractivity contribution in [1.29, 1.82) is 0 Å². The average molecular weight is 510 g/mol. The Bertz CT molecular complexity index is 1060. The molecule has 1 aromatic heterocycles. The van der Waals surface area contributed by atoms with Gasteiger partial charge in [-0.3, -0.25) is 4.79 Å². The van der Waals surface area contributed by atoms with Gasteiger partial charge in [-0.2, -0.15) is 0 Å². The molecule has 0 spiro atoms. The molecule has 2 aliphatic heterocycles. The largest absolute Gasteiger partial charge is 0.481 e. The number of ether oxygens (including phenoxy) is 2. The Labute approximate surface area is 218 Å². The number of rotatable bonds is 12. The highest BCUT2D eigenvalue weighted by atomic mass is 16.5. The lowest BCUT2D eigenvalue weighted by molar-refractivity contribution is -0.136. The number of esters is 1. The Morgan fingerprint density at radius 2 is 1.78 bits per heavy atom. The van der Waals surface area contributed by atoms with Gasteiger partial charge in [-0.1, -0.05) is 62.8 Å². The fraction of sp³-hybridized carbons (Fsp3) is 0.633. The molecule has 4 unspecified atom stereocenters. The van der Waals surface area contributed by atoms with Crippen molar-refractivity contribution in [2.45, 2.75) is 102 Å². The normalized spacial score (nSPS) is 25.4. The van der Waals surface area contributed by atoms with Gasteiger partial charge in [0.1, 0.15) is 6.26 Å². The van der Waals surface area contributed by atoms with Gasteiger partial charge in [-0.05, 0) is 55.6 Å². The topological polar surface area (TPSA) is 98.9 Å². The van der Waals surface area contributed by atoms with Crippen LogP contribution < -0.4 is 0 Å². The second kappa shape index (κ2) is 12.2. The molecule has 1 saturated carbocycles. The first-order valence-electron chi connectivity index (χ1n) is 14.1. The van der Waals surface area contributed by atoms with Crippen molar-refractivity contribution < 1.29 is 28.6 Å². The standard InChI is InChI=1S/C30H39NO6/c32-27(33)16-13-21-11-4-5-12-22(21)18-23-25-14-15-26(37-25)28(23)29-31-24(19-36-29)30(34)35-17-7-6-10-20-8-2-1-3-9-20/h4-5,11-12,19-20,23,25-26,28H,1-3,6-10,13-18H2,(H,32,33).